The van der Waals surface area contributed by atoms with Gasteiger partial charge in [0, 0.05) is 0 Å². The minimum atomic E-state index is -6.45. The van der Waals surface area contributed by atoms with Gasteiger partial charge >= 0.3 is 23.1 Å². The maximum atomic E-state index is 11.2. The van der Waals surface area contributed by atoms with Crippen LogP contribution in [0.5, 0.6) is 0 Å². The summed E-state index contributed by atoms with van der Waals surface area (Å²) in [7, 11) is 0. The van der Waals surface area contributed by atoms with Crippen LogP contribution in [0, 0.1) is 5.92 Å². The monoisotopic (exact) mass is 262 g/mol. The number of hydrogen-bond acceptors (Lipinski definition) is 0. The van der Waals surface area contributed by atoms with E-state index < -0.39 is 24.4 Å². The summed E-state index contributed by atoms with van der Waals surface area (Å²) in [5, 5.41) is 0. The number of hydrogen-bond donors (Lipinski definition) is 0. The van der Waals surface area contributed by atoms with Gasteiger partial charge in [-0.05, 0) is 5.92 Å². The quantitative estimate of drug-likeness (QED) is 0.324. The van der Waals surface area contributed by atoms with Gasteiger partial charge < -0.3 is 4.70 Å². The van der Waals surface area contributed by atoms with Gasteiger partial charge in [-0.15, -0.1) is 0 Å². The van der Waals surface area contributed by atoms with Crippen molar-refractivity contribution in [1.82, 2.24) is 0 Å². The van der Waals surface area contributed by atoms with Crippen LogP contribution < -0.4 is 4.70 Å². The van der Waals surface area contributed by atoms with Gasteiger partial charge in [0.2, 0.25) is 0 Å². The summed E-state index contributed by atoms with van der Waals surface area (Å²) in [4.78, 5) is 0. The fourth-order valence-electron chi connectivity index (χ4n) is 0.482. The first kappa shape index (κ1) is 20.5. The standard InChI is InChI=1S/C4F9.FH.Mg/c5-2(6,7)1(3(8,9)10)4(11,12)13;;/h;1H;/q-1;;+2/p-1. The summed E-state index contributed by atoms with van der Waals surface area (Å²) < 4.78 is 101. The molecule has 0 fully saturated rings. The smallest absolute Gasteiger partial charge is 1.00 e. The van der Waals surface area contributed by atoms with E-state index in [4.69, 9.17) is 0 Å². The zero-order chi connectivity index (χ0) is 11.1. The van der Waals surface area contributed by atoms with Crippen LogP contribution in [-0.4, -0.2) is 41.6 Å². The van der Waals surface area contributed by atoms with Crippen molar-refractivity contribution in [3.63, 3.8) is 0 Å². The Morgan fingerprint density at radius 1 is 0.533 bits per heavy atom. The van der Waals surface area contributed by atoms with Crippen LogP contribution in [0.3, 0.4) is 0 Å². The maximum absolute atomic E-state index is 11.2. The van der Waals surface area contributed by atoms with E-state index >= 15 is 0 Å². The van der Waals surface area contributed by atoms with E-state index in [2.05, 4.69) is 0 Å². The predicted octanol–water partition coefficient (Wildman–Crippen LogP) is -0.129. The van der Waals surface area contributed by atoms with E-state index in [-0.39, 0.29) is 27.8 Å². The van der Waals surface area contributed by atoms with Gasteiger partial charge in [-0.1, -0.05) is 0 Å². The average molecular weight is 262 g/mol. The molecule has 0 nitrogen and oxygen atoms in total. The molecule has 0 spiro atoms. The van der Waals surface area contributed by atoms with Crippen molar-refractivity contribution in [3.8, 4) is 0 Å². The molecule has 0 saturated carbocycles. The van der Waals surface area contributed by atoms with Crippen molar-refractivity contribution in [2.45, 2.75) is 18.5 Å². The molecule has 0 bridgehead atoms. The number of rotatable bonds is 0. The van der Waals surface area contributed by atoms with E-state index in [0.717, 1.165) is 0 Å². The summed E-state index contributed by atoms with van der Waals surface area (Å²) in [6.45, 7) is 0. The molecule has 0 saturated heterocycles. The normalized spacial score (nSPS) is 13.2. The molecule has 0 aromatic heterocycles. The van der Waals surface area contributed by atoms with Gasteiger partial charge in [0.15, 0.2) is 0 Å². The molecular formula is C4F10Mg. The SMILES string of the molecule is FC(F)(F)[C-](C(F)(F)F)C(F)(F)F.[F-].[Mg+2]. The van der Waals surface area contributed by atoms with Crippen LogP contribution in [0.2, 0.25) is 0 Å². The molecule has 0 aliphatic rings. The molecular weight excluding hydrogens is 262 g/mol. The Balaban J connectivity index is -0.000000720. The van der Waals surface area contributed by atoms with Gasteiger partial charge in [0.05, 0.1) is 0 Å². The Labute approximate surface area is 92.3 Å². The van der Waals surface area contributed by atoms with Crippen LogP contribution >= 0.6 is 0 Å². The van der Waals surface area contributed by atoms with Crippen molar-refractivity contribution in [1.29, 1.82) is 0 Å². The van der Waals surface area contributed by atoms with Crippen molar-refractivity contribution >= 4 is 23.1 Å². The van der Waals surface area contributed by atoms with Crippen LogP contribution in [0.15, 0.2) is 0 Å². The zero-order valence-corrected chi connectivity index (χ0v) is 7.90. The molecule has 88 valence electrons. The van der Waals surface area contributed by atoms with Crippen LogP contribution in [0.4, 0.5) is 39.5 Å². The molecule has 0 aliphatic heterocycles. The summed E-state index contributed by atoms with van der Waals surface area (Å²) in [6, 6.07) is 0. The van der Waals surface area contributed by atoms with E-state index in [1.807, 2.05) is 0 Å². The third kappa shape index (κ3) is 6.27. The molecule has 0 heterocycles. The number of alkyl halides is 9. The minimum Gasteiger partial charge on any atom is -1.00 e. The third-order valence-corrected chi connectivity index (χ3v) is 0.850. The number of halogens is 10. The Kier molecular flexibility index (Phi) is 7.39. The molecule has 0 aliphatic carbocycles. The largest absolute Gasteiger partial charge is 2.00 e. The van der Waals surface area contributed by atoms with Crippen molar-refractivity contribution in [2.75, 3.05) is 0 Å². The predicted molar refractivity (Wildman–Crippen MR) is 27.2 cm³/mol. The van der Waals surface area contributed by atoms with Crippen LogP contribution in [-0.2, 0) is 0 Å². The first-order valence-corrected chi connectivity index (χ1v) is 2.45. The first-order chi connectivity index (χ1) is 5.37. The molecule has 0 N–H and O–H groups in total. The van der Waals surface area contributed by atoms with Crippen molar-refractivity contribution in [2.24, 2.45) is 0 Å². The van der Waals surface area contributed by atoms with E-state index in [9.17, 15) is 39.5 Å². The summed E-state index contributed by atoms with van der Waals surface area (Å²) in [5.41, 5.74) is 0. The second-order valence-electron chi connectivity index (χ2n) is 1.87. The van der Waals surface area contributed by atoms with Gasteiger partial charge in [-0.3, -0.25) is 0 Å². The second-order valence-corrected chi connectivity index (χ2v) is 1.87. The molecule has 15 heavy (non-hydrogen) atoms. The molecule has 0 aromatic rings. The third-order valence-electron chi connectivity index (χ3n) is 0.850. The van der Waals surface area contributed by atoms with Gasteiger partial charge in [-0.25, -0.2) is 39.5 Å². The van der Waals surface area contributed by atoms with Gasteiger partial charge in [-0.2, -0.15) is 0 Å². The molecule has 11 heteroatoms. The van der Waals surface area contributed by atoms with Crippen molar-refractivity contribution in [3.05, 3.63) is 5.92 Å². The maximum Gasteiger partial charge on any atom is 2.00 e. The molecule has 0 unspecified atom stereocenters. The van der Waals surface area contributed by atoms with E-state index in [1.165, 1.54) is 0 Å². The van der Waals surface area contributed by atoms with Crippen molar-refractivity contribution < 1.29 is 44.2 Å². The summed E-state index contributed by atoms with van der Waals surface area (Å²) >= 11 is 0. The molecule has 0 amide bonds. The van der Waals surface area contributed by atoms with Crippen LogP contribution in [0.1, 0.15) is 0 Å². The summed E-state index contributed by atoms with van der Waals surface area (Å²) in [6.07, 6.45) is -19.3. The zero-order valence-electron chi connectivity index (χ0n) is 6.49. The van der Waals surface area contributed by atoms with E-state index in [1.54, 1.807) is 0 Å². The van der Waals surface area contributed by atoms with Crippen LogP contribution in [0.25, 0.3) is 0 Å². The average Bonchev–Trinajstić information content (AvgIpc) is 1.44. The molecule has 0 aromatic carbocycles. The molecule has 0 rings (SSSR count). The fourth-order valence-corrected chi connectivity index (χ4v) is 0.482. The minimum absolute atomic E-state index is 0. The summed E-state index contributed by atoms with van der Waals surface area (Å²) in [5.74, 6) is -4.35. The molecule has 0 atom stereocenters. The van der Waals surface area contributed by atoms with Gasteiger partial charge in [0.1, 0.15) is 0 Å². The first-order valence-electron chi connectivity index (χ1n) is 2.45. The van der Waals surface area contributed by atoms with E-state index in [0.29, 0.717) is 0 Å². The Bertz CT molecular complexity index is 140. The Morgan fingerprint density at radius 2 is 0.667 bits per heavy atom. The Hall–Kier alpha value is 0.0662. The fraction of sp³-hybridized carbons (Fsp3) is 0.750. The molecule has 0 radical (unpaired) electrons. The van der Waals surface area contributed by atoms with Gasteiger partial charge in [0.25, 0.3) is 18.5 Å². The second kappa shape index (κ2) is 5.41. The Morgan fingerprint density at radius 3 is 0.667 bits per heavy atom. The topological polar surface area (TPSA) is 0 Å².